The fourth-order valence-electron chi connectivity index (χ4n) is 4.65. The maximum absolute atomic E-state index is 13.1. The summed E-state index contributed by atoms with van der Waals surface area (Å²) < 4.78 is 3.39. The third kappa shape index (κ3) is 4.10. The number of nitrogens with zero attached hydrogens (tertiary/aromatic N) is 6. The molecule has 35 heavy (non-hydrogen) atoms. The van der Waals surface area contributed by atoms with Crippen LogP contribution < -0.4 is 16.2 Å². The number of fused-ring (bicyclic) bond motifs is 2. The van der Waals surface area contributed by atoms with Crippen LogP contribution in [0.1, 0.15) is 58.5 Å². The summed E-state index contributed by atoms with van der Waals surface area (Å²) in [6.07, 6.45) is 3.31. The summed E-state index contributed by atoms with van der Waals surface area (Å²) in [6, 6.07) is 8.17. The summed E-state index contributed by atoms with van der Waals surface area (Å²) in [4.78, 5) is 31.5. The molecule has 3 aromatic heterocycles. The van der Waals surface area contributed by atoms with Crippen molar-refractivity contribution < 1.29 is 0 Å². The Morgan fingerprint density at radius 1 is 1.14 bits per heavy atom. The van der Waals surface area contributed by atoms with Crippen molar-refractivity contribution in [2.45, 2.75) is 65.5 Å². The van der Waals surface area contributed by atoms with Gasteiger partial charge in [0.15, 0.2) is 11.5 Å². The van der Waals surface area contributed by atoms with Crippen LogP contribution in [0.15, 0.2) is 41.5 Å². The quantitative estimate of drug-likeness (QED) is 0.465. The van der Waals surface area contributed by atoms with Crippen LogP contribution in [0.5, 0.6) is 0 Å². The van der Waals surface area contributed by atoms with Crippen molar-refractivity contribution in [2.24, 2.45) is 0 Å². The number of aromatic nitrogens is 6. The highest BCUT2D eigenvalue weighted by Crippen LogP contribution is 2.32. The molecule has 0 atom stereocenters. The Kier molecular flexibility index (Phi) is 5.47. The van der Waals surface area contributed by atoms with Crippen LogP contribution >= 0.6 is 0 Å². The van der Waals surface area contributed by atoms with E-state index in [2.05, 4.69) is 73.4 Å². The van der Waals surface area contributed by atoms with Gasteiger partial charge >= 0.3 is 0 Å². The van der Waals surface area contributed by atoms with Crippen molar-refractivity contribution in [2.75, 3.05) is 11.9 Å². The first-order chi connectivity index (χ1) is 16.6. The second-order valence-corrected chi connectivity index (χ2v) is 10.7. The molecule has 0 aliphatic carbocycles. The van der Waals surface area contributed by atoms with Crippen LogP contribution in [0, 0.1) is 0 Å². The number of nitrogens with one attached hydrogen (secondary N) is 2. The molecule has 4 heterocycles. The Balaban J connectivity index is 1.59. The van der Waals surface area contributed by atoms with Crippen LogP contribution in [0.4, 0.5) is 11.6 Å². The fourth-order valence-corrected chi connectivity index (χ4v) is 4.65. The van der Waals surface area contributed by atoms with Crippen LogP contribution in [0.3, 0.4) is 0 Å². The van der Waals surface area contributed by atoms with Gasteiger partial charge in [0.25, 0.3) is 5.56 Å². The van der Waals surface area contributed by atoms with Gasteiger partial charge in [0, 0.05) is 54.6 Å². The van der Waals surface area contributed by atoms with E-state index in [0.717, 1.165) is 18.8 Å². The Bertz CT molecular complexity index is 1480. The molecule has 1 aromatic carbocycles. The number of hydrogen-bond acceptors (Lipinski definition) is 7. The van der Waals surface area contributed by atoms with E-state index in [9.17, 15) is 4.79 Å². The van der Waals surface area contributed by atoms with Crippen molar-refractivity contribution in [1.29, 1.82) is 0 Å². The van der Waals surface area contributed by atoms with Gasteiger partial charge in [0.1, 0.15) is 11.2 Å². The van der Waals surface area contributed by atoms with Crippen molar-refractivity contribution in [3.8, 4) is 5.82 Å². The van der Waals surface area contributed by atoms with Crippen molar-refractivity contribution in [3.63, 3.8) is 0 Å². The van der Waals surface area contributed by atoms with Gasteiger partial charge in [-0.2, -0.15) is 4.98 Å². The first-order valence-corrected chi connectivity index (χ1v) is 12.0. The van der Waals surface area contributed by atoms with Gasteiger partial charge in [0.2, 0.25) is 5.95 Å². The first-order valence-electron chi connectivity index (χ1n) is 12.0. The Morgan fingerprint density at radius 3 is 2.69 bits per heavy atom. The first kappa shape index (κ1) is 23.2. The molecule has 182 valence electrons. The van der Waals surface area contributed by atoms with Gasteiger partial charge < -0.3 is 10.6 Å². The second-order valence-electron chi connectivity index (χ2n) is 10.7. The lowest BCUT2D eigenvalue weighted by Crippen LogP contribution is -2.38. The third-order valence-electron chi connectivity index (χ3n) is 6.48. The van der Waals surface area contributed by atoms with E-state index in [-0.39, 0.29) is 16.4 Å². The Hall–Kier alpha value is -3.59. The zero-order chi connectivity index (χ0) is 25.0. The van der Waals surface area contributed by atoms with Gasteiger partial charge in [-0.15, -0.1) is 0 Å². The van der Waals surface area contributed by atoms with Crippen molar-refractivity contribution >= 4 is 22.7 Å². The third-order valence-corrected chi connectivity index (χ3v) is 6.48. The number of anilines is 2. The summed E-state index contributed by atoms with van der Waals surface area (Å²) in [5, 5.41) is 7.27. The molecule has 5 rings (SSSR count). The van der Waals surface area contributed by atoms with Crippen LogP contribution in [-0.2, 0) is 23.9 Å². The fraction of sp³-hybridized carbons (Fsp3) is 0.423. The average molecular weight is 473 g/mol. The topological polar surface area (TPSA) is 103 Å². The molecule has 2 N–H and O–H groups in total. The highest BCUT2D eigenvalue weighted by atomic mass is 16.1. The van der Waals surface area contributed by atoms with Gasteiger partial charge in [-0.05, 0) is 30.2 Å². The predicted molar refractivity (Wildman–Crippen MR) is 138 cm³/mol. The van der Waals surface area contributed by atoms with E-state index in [0.29, 0.717) is 35.2 Å². The maximum Gasteiger partial charge on any atom is 0.278 e. The normalized spacial score (nSPS) is 15.3. The lowest BCUT2D eigenvalue weighted by Gasteiger charge is -2.33. The second kappa shape index (κ2) is 8.27. The minimum atomic E-state index is -0.228. The summed E-state index contributed by atoms with van der Waals surface area (Å²) >= 11 is 0. The van der Waals surface area contributed by atoms with E-state index in [4.69, 9.17) is 9.97 Å². The molecule has 9 nitrogen and oxygen atoms in total. The van der Waals surface area contributed by atoms with Crippen LogP contribution in [-0.4, -0.2) is 35.8 Å². The number of rotatable bonds is 4. The van der Waals surface area contributed by atoms with Gasteiger partial charge in [-0.1, -0.05) is 40.7 Å². The van der Waals surface area contributed by atoms with Crippen molar-refractivity contribution in [1.82, 2.24) is 34.6 Å². The molecular formula is C26H32N8O. The van der Waals surface area contributed by atoms with E-state index in [1.54, 1.807) is 27.8 Å². The minimum absolute atomic E-state index is 0.0874. The van der Waals surface area contributed by atoms with Crippen LogP contribution in [0.25, 0.3) is 16.9 Å². The molecule has 0 spiro atoms. The molecule has 4 aromatic rings. The molecule has 0 amide bonds. The Labute approximate surface area is 204 Å². The monoisotopic (exact) mass is 472 g/mol. The largest absolute Gasteiger partial charge is 0.324 e. The van der Waals surface area contributed by atoms with E-state index in [1.165, 1.54) is 11.1 Å². The summed E-state index contributed by atoms with van der Waals surface area (Å²) in [5.74, 6) is 1.73. The molecule has 9 heteroatoms. The maximum atomic E-state index is 13.1. The summed E-state index contributed by atoms with van der Waals surface area (Å²) in [5.41, 5.74) is 3.74. The van der Waals surface area contributed by atoms with Crippen molar-refractivity contribution in [3.05, 3.63) is 64.0 Å². The molecular weight excluding hydrogens is 440 g/mol. The minimum Gasteiger partial charge on any atom is -0.324 e. The summed E-state index contributed by atoms with van der Waals surface area (Å²) in [6.45, 7) is 14.9. The zero-order valence-electron chi connectivity index (χ0n) is 21.2. The Morgan fingerprint density at radius 2 is 1.94 bits per heavy atom. The van der Waals surface area contributed by atoms with E-state index < -0.39 is 0 Å². The predicted octanol–water partition coefficient (Wildman–Crippen LogP) is 3.81. The van der Waals surface area contributed by atoms with E-state index in [1.807, 2.05) is 6.92 Å². The lowest BCUT2D eigenvalue weighted by molar-refractivity contribution is 0.435. The average Bonchev–Trinajstić information content (AvgIpc) is 3.09. The van der Waals surface area contributed by atoms with Gasteiger partial charge in [-0.3, -0.25) is 4.79 Å². The molecule has 1 aliphatic heterocycles. The highest BCUT2D eigenvalue weighted by molar-refractivity contribution is 5.77. The van der Waals surface area contributed by atoms with E-state index >= 15 is 0 Å². The smallest absolute Gasteiger partial charge is 0.278 e. The molecule has 0 fully saturated rings. The molecule has 0 radical (unpaired) electrons. The number of hydrogen-bond donors (Lipinski definition) is 2. The van der Waals surface area contributed by atoms with Gasteiger partial charge in [-0.25, -0.2) is 24.3 Å². The summed E-state index contributed by atoms with van der Waals surface area (Å²) in [7, 11) is 0. The van der Waals surface area contributed by atoms with Crippen LogP contribution in [0.2, 0.25) is 0 Å². The lowest BCUT2D eigenvalue weighted by atomic mass is 9.79. The SMILES string of the molecule is CCn1c(=O)c2cnc(Nc3ccc4c(c3)CNCC4(C)C)nc2n1-c1ccnc(C(C)(C)C)n1. The molecule has 0 saturated carbocycles. The van der Waals surface area contributed by atoms with Gasteiger partial charge in [0.05, 0.1) is 0 Å². The zero-order valence-corrected chi connectivity index (χ0v) is 21.2. The molecule has 0 unspecified atom stereocenters. The number of benzene rings is 1. The molecule has 1 aliphatic rings. The molecule has 0 bridgehead atoms. The standard InChI is InChI=1S/C26H32N8O/c1-7-33-22(35)18-14-29-24(30-17-8-9-19-16(12-17)13-27-15-26(19,5)6)32-21(18)34(33)20-10-11-28-23(31-20)25(2,3)4/h8-12,14,27H,7,13,15H2,1-6H3,(H,29,30,32). The highest BCUT2D eigenvalue weighted by Gasteiger charge is 2.27. The molecule has 0 saturated heterocycles.